The molecule has 1 spiro atoms. The van der Waals surface area contributed by atoms with Gasteiger partial charge in [-0.15, -0.1) is 0 Å². The highest BCUT2D eigenvalue weighted by atomic mass is 16.5. The van der Waals surface area contributed by atoms with Gasteiger partial charge in [0.1, 0.15) is 11.5 Å². The molecule has 1 saturated carbocycles. The number of nitrogens with one attached hydrogen (secondary N) is 1. The number of rotatable bonds is 3. The fourth-order valence-corrected chi connectivity index (χ4v) is 5.81. The number of hydrogen-bond donors (Lipinski definition) is 1. The van der Waals surface area contributed by atoms with Gasteiger partial charge in [-0.25, -0.2) is 9.97 Å². The van der Waals surface area contributed by atoms with Crippen LogP contribution in [0.1, 0.15) is 54.1 Å². The molecule has 2 saturated heterocycles. The van der Waals surface area contributed by atoms with Crippen LogP contribution in [0.2, 0.25) is 0 Å². The number of aromatic nitrogens is 3. The lowest BCUT2D eigenvalue weighted by atomic mass is 9.93. The number of ether oxygens (including phenoxy) is 1. The number of likely N-dealkylation sites (tertiary alicyclic amines) is 1. The normalized spacial score (nSPS) is 24.0. The first kappa shape index (κ1) is 23.1. The summed E-state index contributed by atoms with van der Waals surface area (Å²) < 4.78 is 5.47. The van der Waals surface area contributed by atoms with Crippen molar-refractivity contribution in [3.05, 3.63) is 59.3 Å². The molecule has 3 fully saturated rings. The summed E-state index contributed by atoms with van der Waals surface area (Å²) in [7, 11) is 2.13. The van der Waals surface area contributed by atoms with Crippen molar-refractivity contribution in [3.8, 4) is 11.8 Å². The molecule has 7 nitrogen and oxygen atoms in total. The molecule has 3 aromatic heterocycles. The first-order chi connectivity index (χ1) is 17.5. The summed E-state index contributed by atoms with van der Waals surface area (Å²) in [5.74, 6) is 7.67. The third-order valence-corrected chi connectivity index (χ3v) is 8.11. The van der Waals surface area contributed by atoms with Crippen LogP contribution in [0.4, 0.5) is 5.82 Å². The average molecular weight is 482 g/mol. The highest BCUT2D eigenvalue weighted by Gasteiger charge is 2.60. The molecule has 0 bridgehead atoms. The van der Waals surface area contributed by atoms with E-state index in [-0.39, 0.29) is 17.2 Å². The van der Waals surface area contributed by atoms with E-state index >= 15 is 0 Å². The van der Waals surface area contributed by atoms with E-state index in [1.165, 1.54) is 5.56 Å². The Hall–Kier alpha value is -3.34. The van der Waals surface area contributed by atoms with Crippen molar-refractivity contribution >= 4 is 22.5 Å². The molecule has 3 aliphatic rings. The Bertz CT molecular complexity index is 1370. The third-order valence-electron chi connectivity index (χ3n) is 8.11. The summed E-state index contributed by atoms with van der Waals surface area (Å²) in [5.41, 5.74) is 3.82. The number of nitrogens with zero attached hydrogens (tertiary/aromatic N) is 4. The van der Waals surface area contributed by atoms with Gasteiger partial charge in [0.15, 0.2) is 0 Å². The molecule has 0 aromatic carbocycles. The van der Waals surface area contributed by atoms with Crippen molar-refractivity contribution < 1.29 is 9.53 Å². The van der Waals surface area contributed by atoms with Gasteiger partial charge in [0.25, 0.3) is 0 Å². The molecule has 1 N–H and O–H groups in total. The number of fused-ring (bicyclic) bond motifs is 1. The number of carbonyl (C=O) groups is 1. The minimum Gasteiger partial charge on any atom is -0.381 e. The number of anilines is 1. The third kappa shape index (κ3) is 4.47. The van der Waals surface area contributed by atoms with Crippen molar-refractivity contribution in [2.24, 2.45) is 11.3 Å². The Morgan fingerprint density at radius 2 is 1.97 bits per heavy atom. The van der Waals surface area contributed by atoms with Gasteiger partial charge in [-0.05, 0) is 81.1 Å². The van der Waals surface area contributed by atoms with E-state index in [9.17, 15) is 4.79 Å². The summed E-state index contributed by atoms with van der Waals surface area (Å²) in [5, 5.41) is 4.93. The molecule has 2 aliphatic heterocycles. The number of amides is 1. The summed E-state index contributed by atoms with van der Waals surface area (Å²) >= 11 is 0. The lowest BCUT2D eigenvalue weighted by Gasteiger charge is -2.21. The van der Waals surface area contributed by atoms with E-state index in [1.807, 2.05) is 25.3 Å². The zero-order valence-electron chi connectivity index (χ0n) is 20.9. The number of hydrogen-bond acceptors (Lipinski definition) is 6. The first-order valence-corrected chi connectivity index (χ1v) is 12.8. The van der Waals surface area contributed by atoms with E-state index in [0.29, 0.717) is 11.7 Å². The van der Waals surface area contributed by atoms with E-state index in [2.05, 4.69) is 50.1 Å². The molecule has 0 radical (unpaired) electrons. The summed E-state index contributed by atoms with van der Waals surface area (Å²) in [6.45, 7) is 5.66. The Morgan fingerprint density at radius 1 is 1.11 bits per heavy atom. The van der Waals surface area contributed by atoms with Gasteiger partial charge in [-0.3, -0.25) is 9.78 Å². The van der Waals surface area contributed by atoms with Crippen LogP contribution in [0.15, 0.2) is 36.8 Å². The molecule has 184 valence electrons. The van der Waals surface area contributed by atoms with Crippen LogP contribution in [-0.2, 0) is 9.53 Å². The second-order valence-corrected chi connectivity index (χ2v) is 10.6. The van der Waals surface area contributed by atoms with Gasteiger partial charge >= 0.3 is 0 Å². The van der Waals surface area contributed by atoms with Gasteiger partial charge in [0.2, 0.25) is 5.91 Å². The molecule has 2 atom stereocenters. The maximum Gasteiger partial charge on any atom is 0.229 e. The zero-order valence-corrected chi connectivity index (χ0v) is 20.9. The molecule has 1 amide bonds. The standard InChI is InChI=1S/C29H31N5O2/c1-19-25-17-32-27(33-28(35)26-14-29(26)9-10-34(2)18-29)13-24(25)22(16-30-19)4-6-23-5-3-21(15-31-23)20-7-11-36-12-8-20/h3,5,13,15-17,20,26H,7-12,14,18H2,1-2H3,(H,32,33,35)/t26-,29-/m0/s1. The van der Waals surface area contributed by atoms with Gasteiger partial charge in [0, 0.05) is 60.7 Å². The van der Waals surface area contributed by atoms with Crippen molar-refractivity contribution in [2.75, 3.05) is 38.7 Å². The zero-order chi connectivity index (χ0) is 24.7. The topological polar surface area (TPSA) is 80.2 Å². The summed E-state index contributed by atoms with van der Waals surface area (Å²) in [6, 6.07) is 6.03. The predicted octanol–water partition coefficient (Wildman–Crippen LogP) is 3.91. The van der Waals surface area contributed by atoms with Crippen LogP contribution in [0.5, 0.6) is 0 Å². The molecule has 5 heterocycles. The van der Waals surface area contributed by atoms with Gasteiger partial charge < -0.3 is 15.0 Å². The quantitative estimate of drug-likeness (QED) is 0.572. The van der Waals surface area contributed by atoms with Gasteiger partial charge in [0.05, 0.1) is 5.56 Å². The lowest BCUT2D eigenvalue weighted by molar-refractivity contribution is -0.118. The van der Waals surface area contributed by atoms with Crippen molar-refractivity contribution in [2.45, 2.75) is 38.5 Å². The molecule has 3 aromatic rings. The lowest BCUT2D eigenvalue weighted by Crippen LogP contribution is -2.21. The first-order valence-electron chi connectivity index (χ1n) is 12.8. The van der Waals surface area contributed by atoms with Crippen LogP contribution in [0.25, 0.3) is 10.8 Å². The summed E-state index contributed by atoms with van der Waals surface area (Å²) in [4.78, 5) is 28.9. The SMILES string of the molecule is Cc1ncc(C#Cc2ccc(C3CCOCC3)cn2)c2cc(NC(=O)[C@@H]3C[C@]34CCN(C)C4)ncc12. The highest BCUT2D eigenvalue weighted by molar-refractivity contribution is 5.97. The van der Waals surface area contributed by atoms with Crippen molar-refractivity contribution in [1.82, 2.24) is 19.9 Å². The average Bonchev–Trinajstić information content (AvgIpc) is 3.49. The maximum absolute atomic E-state index is 13.0. The van der Waals surface area contributed by atoms with Crippen LogP contribution in [0, 0.1) is 30.1 Å². The Morgan fingerprint density at radius 3 is 2.72 bits per heavy atom. The fraction of sp³-hybridized carbons (Fsp3) is 0.448. The van der Waals surface area contributed by atoms with Crippen LogP contribution in [-0.4, -0.2) is 59.1 Å². The van der Waals surface area contributed by atoms with Crippen LogP contribution in [0.3, 0.4) is 0 Å². The molecule has 36 heavy (non-hydrogen) atoms. The van der Waals surface area contributed by atoms with Crippen LogP contribution < -0.4 is 5.32 Å². The number of aryl methyl sites for hydroxylation is 1. The molecule has 1 aliphatic carbocycles. The van der Waals surface area contributed by atoms with E-state index in [0.717, 1.165) is 79.7 Å². The monoisotopic (exact) mass is 481 g/mol. The Labute approximate surface area is 211 Å². The van der Waals surface area contributed by atoms with Gasteiger partial charge in [-0.2, -0.15) is 0 Å². The smallest absolute Gasteiger partial charge is 0.229 e. The predicted molar refractivity (Wildman–Crippen MR) is 139 cm³/mol. The molecule has 7 heteroatoms. The maximum atomic E-state index is 13.0. The van der Waals surface area contributed by atoms with Gasteiger partial charge in [-0.1, -0.05) is 12.0 Å². The second-order valence-electron chi connectivity index (χ2n) is 10.6. The Kier molecular flexibility index (Phi) is 5.94. The second kappa shape index (κ2) is 9.27. The van der Waals surface area contributed by atoms with Crippen molar-refractivity contribution in [3.63, 3.8) is 0 Å². The van der Waals surface area contributed by atoms with E-state index in [4.69, 9.17) is 4.74 Å². The molecular formula is C29H31N5O2. The molecular weight excluding hydrogens is 450 g/mol. The molecule has 0 unspecified atom stereocenters. The number of pyridine rings is 3. The van der Waals surface area contributed by atoms with E-state index < -0.39 is 0 Å². The fourth-order valence-electron chi connectivity index (χ4n) is 5.81. The number of carbonyl (C=O) groups excluding carboxylic acids is 1. The molecule has 6 rings (SSSR count). The minimum absolute atomic E-state index is 0.0735. The van der Waals surface area contributed by atoms with Crippen LogP contribution >= 0.6 is 0 Å². The summed E-state index contributed by atoms with van der Waals surface area (Å²) in [6.07, 6.45) is 9.66. The Balaban J connectivity index is 1.22. The van der Waals surface area contributed by atoms with E-state index in [1.54, 1.807) is 12.4 Å². The highest BCUT2D eigenvalue weighted by Crippen LogP contribution is 2.58. The largest absolute Gasteiger partial charge is 0.381 e. The minimum atomic E-state index is 0.0735. The van der Waals surface area contributed by atoms with Crippen molar-refractivity contribution in [1.29, 1.82) is 0 Å².